The van der Waals surface area contributed by atoms with Crippen LogP contribution in [0, 0.1) is 0 Å². The van der Waals surface area contributed by atoms with Crippen molar-refractivity contribution in [1.29, 1.82) is 0 Å². The van der Waals surface area contributed by atoms with Crippen molar-refractivity contribution in [2.24, 2.45) is 0 Å². The Morgan fingerprint density at radius 2 is 2.36 bits per heavy atom. The molecule has 0 bridgehead atoms. The van der Waals surface area contributed by atoms with Crippen molar-refractivity contribution < 1.29 is 0 Å². The zero-order valence-corrected chi connectivity index (χ0v) is 8.95. The molecule has 0 amide bonds. The van der Waals surface area contributed by atoms with Gasteiger partial charge in [0.05, 0.1) is 12.2 Å². The predicted octanol–water partition coefficient (Wildman–Crippen LogP) is 2.70. The summed E-state index contributed by atoms with van der Waals surface area (Å²) in [6.45, 7) is 0.790. The smallest absolute Gasteiger partial charge is 0.144 e. The molecule has 0 radical (unpaired) electrons. The van der Waals surface area contributed by atoms with E-state index in [0.717, 1.165) is 28.2 Å². The molecule has 2 aromatic rings. The fraction of sp³-hybridized carbons (Fsp3) is 0.100. The Morgan fingerprint density at radius 3 is 3.29 bits per heavy atom. The number of imidazole rings is 1. The fourth-order valence-corrected chi connectivity index (χ4v) is 2.28. The molecule has 0 aliphatic carbocycles. The minimum atomic E-state index is 0.790. The molecule has 0 saturated heterocycles. The molecule has 0 atom stereocenters. The van der Waals surface area contributed by atoms with Gasteiger partial charge in [-0.25, -0.2) is 4.98 Å². The molecule has 2 heterocycles. The lowest BCUT2D eigenvalue weighted by molar-refractivity contribution is 0.769. The Bertz CT molecular complexity index is 490. The Kier molecular flexibility index (Phi) is 1.64. The number of nitrogens with zero attached hydrogens (tertiary/aromatic N) is 2. The third-order valence-corrected chi connectivity index (χ3v) is 3.05. The number of hydrogen-bond donors (Lipinski definition) is 1. The van der Waals surface area contributed by atoms with Gasteiger partial charge < -0.3 is 9.88 Å². The van der Waals surface area contributed by atoms with Crippen LogP contribution in [0.2, 0.25) is 0 Å². The van der Waals surface area contributed by atoms with Crippen LogP contribution in [-0.2, 0) is 6.67 Å². The van der Waals surface area contributed by atoms with Crippen molar-refractivity contribution >= 4 is 21.6 Å². The van der Waals surface area contributed by atoms with E-state index in [1.54, 1.807) is 0 Å². The molecule has 14 heavy (non-hydrogen) atoms. The number of rotatable bonds is 0. The summed E-state index contributed by atoms with van der Waals surface area (Å²) in [5.41, 5.74) is 2.28. The quantitative estimate of drug-likeness (QED) is 0.779. The molecule has 1 aromatic heterocycles. The number of hydrogen-bond acceptors (Lipinski definition) is 2. The number of halogens is 1. The summed E-state index contributed by atoms with van der Waals surface area (Å²) in [4.78, 5) is 4.35. The van der Waals surface area contributed by atoms with Gasteiger partial charge in [-0.2, -0.15) is 0 Å². The lowest BCUT2D eigenvalue weighted by Gasteiger charge is -2.20. The molecule has 1 N–H and O–H groups in total. The van der Waals surface area contributed by atoms with Crippen LogP contribution >= 0.6 is 15.9 Å². The SMILES string of the molecule is Brc1cccc2c1-c1nccn1CN2. The minimum Gasteiger partial charge on any atom is -0.367 e. The van der Waals surface area contributed by atoms with E-state index >= 15 is 0 Å². The minimum absolute atomic E-state index is 0.790. The van der Waals surface area contributed by atoms with Gasteiger partial charge in [0.15, 0.2) is 0 Å². The Balaban J connectivity index is 2.34. The second-order valence-electron chi connectivity index (χ2n) is 3.22. The Morgan fingerprint density at radius 1 is 1.43 bits per heavy atom. The second kappa shape index (κ2) is 2.85. The molecule has 0 spiro atoms. The summed E-state index contributed by atoms with van der Waals surface area (Å²) in [7, 11) is 0. The maximum absolute atomic E-state index is 4.35. The van der Waals surface area contributed by atoms with E-state index in [0.29, 0.717) is 0 Å². The summed E-state index contributed by atoms with van der Waals surface area (Å²) in [6, 6.07) is 6.12. The van der Waals surface area contributed by atoms with Gasteiger partial charge in [-0.15, -0.1) is 0 Å². The van der Waals surface area contributed by atoms with Gasteiger partial charge in [0.25, 0.3) is 0 Å². The number of aromatic nitrogens is 2. The van der Waals surface area contributed by atoms with Gasteiger partial charge in [0.1, 0.15) is 5.82 Å². The molecule has 1 aromatic carbocycles. The first kappa shape index (κ1) is 8.05. The van der Waals surface area contributed by atoms with Gasteiger partial charge in [-0.3, -0.25) is 0 Å². The summed E-state index contributed by atoms with van der Waals surface area (Å²) in [6.07, 6.45) is 3.80. The van der Waals surface area contributed by atoms with E-state index in [4.69, 9.17) is 0 Å². The van der Waals surface area contributed by atoms with Crippen LogP contribution in [0.3, 0.4) is 0 Å². The van der Waals surface area contributed by atoms with Crippen LogP contribution in [0.4, 0.5) is 5.69 Å². The number of benzene rings is 1. The van der Waals surface area contributed by atoms with Gasteiger partial charge in [-0.05, 0) is 28.1 Å². The monoisotopic (exact) mass is 249 g/mol. The molecule has 1 aliphatic heterocycles. The largest absolute Gasteiger partial charge is 0.367 e. The van der Waals surface area contributed by atoms with Crippen LogP contribution in [0.15, 0.2) is 35.1 Å². The summed E-state index contributed by atoms with van der Waals surface area (Å²) >= 11 is 3.54. The zero-order chi connectivity index (χ0) is 9.54. The normalized spacial score (nSPS) is 12.9. The van der Waals surface area contributed by atoms with Crippen molar-refractivity contribution in [2.75, 3.05) is 5.32 Å². The van der Waals surface area contributed by atoms with Crippen molar-refractivity contribution in [2.45, 2.75) is 6.67 Å². The van der Waals surface area contributed by atoms with Crippen LogP contribution in [-0.4, -0.2) is 9.55 Å². The average Bonchev–Trinajstić information content (AvgIpc) is 2.65. The predicted molar refractivity (Wildman–Crippen MR) is 59.0 cm³/mol. The van der Waals surface area contributed by atoms with Crippen molar-refractivity contribution in [3.63, 3.8) is 0 Å². The van der Waals surface area contributed by atoms with E-state index in [9.17, 15) is 0 Å². The number of nitrogens with one attached hydrogen (secondary N) is 1. The fourth-order valence-electron chi connectivity index (χ4n) is 1.73. The number of fused-ring (bicyclic) bond motifs is 3. The van der Waals surface area contributed by atoms with Crippen molar-refractivity contribution in [3.05, 3.63) is 35.1 Å². The molecule has 70 valence electrons. The molecule has 0 fully saturated rings. The lowest BCUT2D eigenvalue weighted by atomic mass is 10.1. The zero-order valence-electron chi connectivity index (χ0n) is 7.37. The molecule has 3 rings (SSSR count). The van der Waals surface area contributed by atoms with E-state index in [1.165, 1.54) is 0 Å². The van der Waals surface area contributed by atoms with Crippen LogP contribution in [0.25, 0.3) is 11.4 Å². The Labute approximate surface area is 89.9 Å². The van der Waals surface area contributed by atoms with Crippen molar-refractivity contribution in [1.82, 2.24) is 9.55 Å². The maximum atomic E-state index is 4.35. The van der Waals surface area contributed by atoms with Crippen LogP contribution in [0.1, 0.15) is 0 Å². The first-order chi connectivity index (χ1) is 6.86. The lowest BCUT2D eigenvalue weighted by Crippen LogP contribution is -2.14. The molecule has 4 heteroatoms. The van der Waals surface area contributed by atoms with E-state index in [1.807, 2.05) is 24.5 Å². The van der Waals surface area contributed by atoms with Gasteiger partial charge in [0, 0.05) is 22.6 Å². The molecule has 0 unspecified atom stereocenters. The van der Waals surface area contributed by atoms with E-state index in [2.05, 4.69) is 36.9 Å². The highest BCUT2D eigenvalue weighted by molar-refractivity contribution is 9.10. The average molecular weight is 250 g/mol. The second-order valence-corrected chi connectivity index (χ2v) is 4.07. The summed E-state index contributed by atoms with van der Waals surface area (Å²) in [5.74, 6) is 1.02. The third-order valence-electron chi connectivity index (χ3n) is 2.39. The van der Waals surface area contributed by atoms with Crippen molar-refractivity contribution in [3.8, 4) is 11.4 Å². The molecular weight excluding hydrogens is 242 g/mol. The Hall–Kier alpha value is -1.29. The van der Waals surface area contributed by atoms with Crippen LogP contribution < -0.4 is 5.32 Å². The van der Waals surface area contributed by atoms with E-state index < -0.39 is 0 Å². The molecule has 1 aliphatic rings. The number of anilines is 1. The summed E-state index contributed by atoms with van der Waals surface area (Å²) in [5, 5.41) is 3.34. The highest BCUT2D eigenvalue weighted by atomic mass is 79.9. The molecular formula is C10H8BrN3. The first-order valence-corrected chi connectivity index (χ1v) is 5.19. The standard InChI is InChI=1S/C10H8BrN3/c11-7-2-1-3-8-9(7)10-12-4-5-14(10)6-13-8/h1-5,13H,6H2. The topological polar surface area (TPSA) is 29.9 Å². The highest BCUT2D eigenvalue weighted by Crippen LogP contribution is 2.36. The van der Waals surface area contributed by atoms with E-state index in [-0.39, 0.29) is 0 Å². The molecule has 3 nitrogen and oxygen atoms in total. The highest BCUT2D eigenvalue weighted by Gasteiger charge is 2.17. The third kappa shape index (κ3) is 1.00. The first-order valence-electron chi connectivity index (χ1n) is 4.40. The van der Waals surface area contributed by atoms with Gasteiger partial charge in [0.2, 0.25) is 0 Å². The molecule has 0 saturated carbocycles. The van der Waals surface area contributed by atoms with Gasteiger partial charge in [-0.1, -0.05) is 6.07 Å². The summed E-state index contributed by atoms with van der Waals surface area (Å²) < 4.78 is 3.17. The van der Waals surface area contributed by atoms with Crippen LogP contribution in [0.5, 0.6) is 0 Å². The van der Waals surface area contributed by atoms with Gasteiger partial charge >= 0.3 is 0 Å². The maximum Gasteiger partial charge on any atom is 0.144 e.